The summed E-state index contributed by atoms with van der Waals surface area (Å²) in [7, 11) is 0. The zero-order chi connectivity index (χ0) is 18.7. The molecule has 0 bridgehead atoms. The molecule has 1 unspecified atom stereocenters. The van der Waals surface area contributed by atoms with Crippen molar-refractivity contribution in [1.29, 1.82) is 0 Å². The van der Waals surface area contributed by atoms with Crippen LogP contribution in [0.15, 0.2) is 33.6 Å². The minimum absolute atomic E-state index is 0.0443. The first kappa shape index (κ1) is 18.2. The van der Waals surface area contributed by atoms with Crippen molar-refractivity contribution in [3.63, 3.8) is 0 Å². The number of hydrogen-bond acceptors (Lipinski definition) is 6. The fourth-order valence-corrected chi connectivity index (χ4v) is 2.70. The largest absolute Gasteiger partial charge is 0.490 e. The first-order valence-corrected chi connectivity index (χ1v) is 8.21. The smallest absolute Gasteiger partial charge is 0.423 e. The molecule has 0 saturated carbocycles. The van der Waals surface area contributed by atoms with Crippen molar-refractivity contribution in [2.45, 2.75) is 19.6 Å². The standard InChI is InChI=1S/C17H20FN3O5/c1-10(22)20-6-13-8-21(17(24)26-13)12-2-3-16(14(18)4-12)25-9-11-5-19-7-15(11)23/h2-4,8,11,15,19,23H,5-7,9H2,1H3,(H,20,22)/t11?,15-/m0/s1. The van der Waals surface area contributed by atoms with Gasteiger partial charge in [0.1, 0.15) is 5.76 Å². The van der Waals surface area contributed by atoms with Gasteiger partial charge in [-0.2, -0.15) is 0 Å². The van der Waals surface area contributed by atoms with Crippen molar-refractivity contribution in [2.24, 2.45) is 5.92 Å². The highest BCUT2D eigenvalue weighted by Crippen LogP contribution is 2.22. The van der Waals surface area contributed by atoms with Crippen molar-refractivity contribution >= 4 is 5.91 Å². The quantitative estimate of drug-likeness (QED) is 0.674. The predicted octanol–water partition coefficient (Wildman–Crippen LogP) is 0.165. The minimum atomic E-state index is -0.682. The molecule has 1 amide bonds. The fraction of sp³-hybridized carbons (Fsp3) is 0.412. The number of hydrogen-bond donors (Lipinski definition) is 3. The van der Waals surface area contributed by atoms with Gasteiger partial charge in [0, 0.05) is 32.0 Å². The molecule has 1 fully saturated rings. The summed E-state index contributed by atoms with van der Waals surface area (Å²) in [4.78, 5) is 22.8. The van der Waals surface area contributed by atoms with Gasteiger partial charge in [-0.3, -0.25) is 4.79 Å². The lowest BCUT2D eigenvalue weighted by atomic mass is 10.1. The van der Waals surface area contributed by atoms with Crippen LogP contribution in [0.5, 0.6) is 5.75 Å². The molecule has 3 N–H and O–H groups in total. The van der Waals surface area contributed by atoms with E-state index in [9.17, 15) is 19.1 Å². The Hall–Kier alpha value is -2.65. The Morgan fingerprint density at radius 2 is 2.31 bits per heavy atom. The average Bonchev–Trinajstić information content (AvgIpc) is 3.17. The van der Waals surface area contributed by atoms with Crippen LogP contribution in [-0.2, 0) is 11.3 Å². The van der Waals surface area contributed by atoms with Gasteiger partial charge in [-0.05, 0) is 12.1 Å². The molecular formula is C17H20FN3O5. The van der Waals surface area contributed by atoms with Gasteiger partial charge < -0.3 is 24.9 Å². The molecule has 140 valence electrons. The molecule has 1 aromatic carbocycles. The number of nitrogens with one attached hydrogen (secondary N) is 2. The summed E-state index contributed by atoms with van der Waals surface area (Å²) in [5.74, 6) is -1.35. The Kier molecular flexibility index (Phi) is 5.38. The number of aliphatic hydroxyl groups is 1. The molecule has 2 atom stereocenters. The number of amides is 1. The first-order chi connectivity index (χ1) is 12.4. The second-order valence-electron chi connectivity index (χ2n) is 6.15. The number of carbonyl (C=O) groups is 1. The topological polar surface area (TPSA) is 106 Å². The van der Waals surface area contributed by atoms with E-state index in [1.807, 2.05) is 0 Å². The Bertz CT molecular complexity index is 847. The third kappa shape index (κ3) is 4.12. The van der Waals surface area contributed by atoms with Crippen molar-refractivity contribution in [3.8, 4) is 11.4 Å². The fourth-order valence-electron chi connectivity index (χ4n) is 2.70. The van der Waals surface area contributed by atoms with Gasteiger partial charge in [-0.1, -0.05) is 0 Å². The van der Waals surface area contributed by atoms with Crippen molar-refractivity contribution in [1.82, 2.24) is 15.2 Å². The van der Waals surface area contributed by atoms with Crippen LogP contribution >= 0.6 is 0 Å². The highest BCUT2D eigenvalue weighted by Gasteiger charge is 2.25. The highest BCUT2D eigenvalue weighted by atomic mass is 19.1. The van der Waals surface area contributed by atoms with E-state index < -0.39 is 17.7 Å². The number of oxazole rings is 1. The number of benzene rings is 1. The number of aromatic nitrogens is 1. The molecule has 1 aliphatic heterocycles. The number of carbonyl (C=O) groups excluding carboxylic acids is 1. The molecule has 9 heteroatoms. The van der Waals surface area contributed by atoms with Crippen LogP contribution in [0.4, 0.5) is 4.39 Å². The monoisotopic (exact) mass is 365 g/mol. The number of aliphatic hydroxyl groups excluding tert-OH is 1. The van der Waals surface area contributed by atoms with E-state index in [1.165, 1.54) is 25.3 Å². The van der Waals surface area contributed by atoms with Gasteiger partial charge in [0.05, 0.1) is 31.1 Å². The maximum absolute atomic E-state index is 14.3. The van der Waals surface area contributed by atoms with Crippen LogP contribution in [0, 0.1) is 11.7 Å². The summed E-state index contributed by atoms with van der Waals surface area (Å²) in [5.41, 5.74) is 0.278. The third-order valence-corrected chi connectivity index (χ3v) is 4.15. The molecule has 0 spiro atoms. The van der Waals surface area contributed by atoms with E-state index in [2.05, 4.69) is 10.6 Å². The maximum atomic E-state index is 14.3. The lowest BCUT2D eigenvalue weighted by Gasteiger charge is -2.15. The van der Waals surface area contributed by atoms with Gasteiger partial charge in [-0.15, -0.1) is 0 Å². The lowest BCUT2D eigenvalue weighted by Crippen LogP contribution is -2.24. The Morgan fingerprint density at radius 3 is 2.96 bits per heavy atom. The van der Waals surface area contributed by atoms with Crippen LogP contribution in [0.25, 0.3) is 5.69 Å². The van der Waals surface area contributed by atoms with Gasteiger partial charge in [0.15, 0.2) is 11.6 Å². The summed E-state index contributed by atoms with van der Waals surface area (Å²) in [5, 5.41) is 15.3. The van der Waals surface area contributed by atoms with Crippen LogP contribution in [0.1, 0.15) is 12.7 Å². The summed E-state index contributed by atoms with van der Waals surface area (Å²) >= 11 is 0. The van der Waals surface area contributed by atoms with Gasteiger partial charge in [-0.25, -0.2) is 13.8 Å². The summed E-state index contributed by atoms with van der Waals surface area (Å²) in [6, 6.07) is 4.12. The van der Waals surface area contributed by atoms with Gasteiger partial charge in [0.25, 0.3) is 0 Å². The van der Waals surface area contributed by atoms with E-state index in [1.54, 1.807) is 0 Å². The zero-order valence-electron chi connectivity index (χ0n) is 14.2. The average molecular weight is 365 g/mol. The molecular weight excluding hydrogens is 345 g/mol. The second kappa shape index (κ2) is 7.71. The Balaban J connectivity index is 1.71. The number of halogens is 1. The predicted molar refractivity (Wildman–Crippen MR) is 89.6 cm³/mol. The van der Waals surface area contributed by atoms with Crippen molar-refractivity contribution in [2.75, 3.05) is 19.7 Å². The van der Waals surface area contributed by atoms with Crippen LogP contribution < -0.4 is 21.1 Å². The Morgan fingerprint density at radius 1 is 1.50 bits per heavy atom. The molecule has 8 nitrogen and oxygen atoms in total. The zero-order valence-corrected chi connectivity index (χ0v) is 14.2. The number of nitrogens with zero attached hydrogens (tertiary/aromatic N) is 1. The van der Waals surface area contributed by atoms with E-state index in [0.29, 0.717) is 13.1 Å². The number of β-amino-alcohol motifs (C(OH)–C–C–N with tert-alkyl or cyclic N) is 1. The molecule has 1 aliphatic rings. The Labute approximate surface area is 148 Å². The maximum Gasteiger partial charge on any atom is 0.423 e. The van der Waals surface area contributed by atoms with Crippen LogP contribution in [-0.4, -0.2) is 41.4 Å². The summed E-state index contributed by atoms with van der Waals surface area (Å²) in [6.45, 7) is 2.72. The number of ether oxygens (including phenoxy) is 1. The molecule has 1 saturated heterocycles. The van der Waals surface area contributed by atoms with E-state index in [4.69, 9.17) is 9.15 Å². The second-order valence-corrected chi connectivity index (χ2v) is 6.15. The summed E-state index contributed by atoms with van der Waals surface area (Å²) < 4.78 is 25.9. The van der Waals surface area contributed by atoms with Crippen molar-refractivity contribution in [3.05, 3.63) is 46.5 Å². The highest BCUT2D eigenvalue weighted by molar-refractivity contribution is 5.72. The normalized spacial score (nSPS) is 19.5. The minimum Gasteiger partial charge on any atom is -0.490 e. The molecule has 3 rings (SSSR count). The third-order valence-electron chi connectivity index (χ3n) is 4.15. The number of rotatable bonds is 6. The molecule has 26 heavy (non-hydrogen) atoms. The molecule has 0 aliphatic carbocycles. The van der Waals surface area contributed by atoms with E-state index in [0.717, 1.165) is 10.6 Å². The van der Waals surface area contributed by atoms with Crippen LogP contribution in [0.3, 0.4) is 0 Å². The van der Waals surface area contributed by atoms with E-state index >= 15 is 0 Å². The van der Waals surface area contributed by atoms with E-state index in [-0.39, 0.29) is 42.2 Å². The van der Waals surface area contributed by atoms with Gasteiger partial charge in [0.2, 0.25) is 5.91 Å². The molecule has 0 radical (unpaired) electrons. The summed E-state index contributed by atoms with van der Waals surface area (Å²) in [6.07, 6.45) is 0.887. The van der Waals surface area contributed by atoms with Gasteiger partial charge >= 0.3 is 5.76 Å². The molecule has 2 heterocycles. The lowest BCUT2D eigenvalue weighted by molar-refractivity contribution is -0.119. The SMILES string of the molecule is CC(=O)NCc1cn(-c2ccc(OCC3CNC[C@@H]3O)c(F)c2)c(=O)o1. The first-order valence-electron chi connectivity index (χ1n) is 8.21. The molecule has 1 aromatic heterocycles. The van der Waals surface area contributed by atoms with Crippen LogP contribution in [0.2, 0.25) is 0 Å². The molecule has 2 aromatic rings. The van der Waals surface area contributed by atoms with Crippen molar-refractivity contribution < 1.29 is 23.4 Å².